The molecular weight excluding hydrogens is 367 g/mol. The number of anilines is 1. The van der Waals surface area contributed by atoms with Gasteiger partial charge in [-0.1, -0.05) is 54.1 Å². The van der Waals surface area contributed by atoms with Crippen LogP contribution in [0.15, 0.2) is 78.4 Å². The zero-order valence-corrected chi connectivity index (χ0v) is 15.9. The highest BCUT2D eigenvalue weighted by Crippen LogP contribution is 2.18. The fraction of sp³-hybridized carbons (Fsp3) is 0.0833. The number of aryl methyl sites for hydroxylation is 1. The molecule has 0 unspecified atom stereocenters. The van der Waals surface area contributed by atoms with Crippen LogP contribution in [0.25, 0.3) is 6.08 Å². The van der Waals surface area contributed by atoms with E-state index < -0.39 is 11.7 Å². The molecule has 0 radical (unpaired) electrons. The second-order valence-electron chi connectivity index (χ2n) is 6.45. The average Bonchev–Trinajstić information content (AvgIpc) is 2.74. The van der Waals surface area contributed by atoms with Crippen LogP contribution in [0.3, 0.4) is 0 Å². The number of halogens is 1. The zero-order chi connectivity index (χ0) is 20.6. The van der Waals surface area contributed by atoms with Gasteiger partial charge in [0, 0.05) is 0 Å². The molecule has 0 fully saturated rings. The maximum absolute atomic E-state index is 13.7. The molecule has 3 aromatic rings. The molecule has 0 heterocycles. The maximum Gasteiger partial charge on any atom is 0.266 e. The van der Waals surface area contributed by atoms with Crippen molar-refractivity contribution < 1.29 is 13.9 Å². The van der Waals surface area contributed by atoms with Crippen LogP contribution in [0.1, 0.15) is 16.7 Å². The number of hydrogen-bond acceptors (Lipinski definition) is 3. The van der Waals surface area contributed by atoms with Crippen LogP contribution in [-0.4, -0.2) is 5.91 Å². The summed E-state index contributed by atoms with van der Waals surface area (Å²) >= 11 is 0. The van der Waals surface area contributed by atoms with E-state index in [9.17, 15) is 14.4 Å². The standard InChI is InChI=1S/C24H19FN2O2/c1-17-6-8-19(9-7-17)16-29-21-12-10-18(11-13-21)14-20(15-26)24(28)27-23-5-3-2-4-22(23)25/h2-14H,16H2,1H3,(H,27,28)/b20-14-. The summed E-state index contributed by atoms with van der Waals surface area (Å²) in [6.07, 6.45) is 1.44. The second kappa shape index (κ2) is 9.34. The largest absolute Gasteiger partial charge is 0.489 e. The van der Waals surface area contributed by atoms with Crippen LogP contribution < -0.4 is 10.1 Å². The van der Waals surface area contributed by atoms with Gasteiger partial charge in [-0.25, -0.2) is 4.39 Å². The Balaban J connectivity index is 1.65. The fourth-order valence-electron chi connectivity index (χ4n) is 2.58. The van der Waals surface area contributed by atoms with E-state index in [1.165, 1.54) is 29.8 Å². The predicted molar refractivity (Wildman–Crippen MR) is 111 cm³/mol. The Labute approximate surface area is 168 Å². The summed E-state index contributed by atoms with van der Waals surface area (Å²) in [5.74, 6) is -0.553. The minimum absolute atomic E-state index is 0.0264. The van der Waals surface area contributed by atoms with E-state index in [0.29, 0.717) is 17.9 Å². The molecule has 0 aliphatic carbocycles. The number of nitriles is 1. The molecular formula is C24H19FN2O2. The van der Waals surface area contributed by atoms with E-state index >= 15 is 0 Å². The molecule has 144 valence electrons. The summed E-state index contributed by atoms with van der Waals surface area (Å²) in [5.41, 5.74) is 2.82. The number of para-hydroxylation sites is 1. The first-order valence-electron chi connectivity index (χ1n) is 9.01. The molecule has 0 spiro atoms. The van der Waals surface area contributed by atoms with Crippen molar-refractivity contribution in [2.24, 2.45) is 0 Å². The van der Waals surface area contributed by atoms with Crippen LogP contribution in [0.5, 0.6) is 5.75 Å². The highest BCUT2D eigenvalue weighted by Gasteiger charge is 2.11. The monoisotopic (exact) mass is 386 g/mol. The summed E-state index contributed by atoms with van der Waals surface area (Å²) in [5, 5.41) is 11.7. The van der Waals surface area contributed by atoms with E-state index in [-0.39, 0.29) is 11.3 Å². The predicted octanol–water partition coefficient (Wildman–Crippen LogP) is 5.26. The van der Waals surface area contributed by atoms with Crippen LogP contribution >= 0.6 is 0 Å². The lowest BCUT2D eigenvalue weighted by Crippen LogP contribution is -2.14. The molecule has 0 saturated carbocycles. The first-order chi connectivity index (χ1) is 14.0. The Kier molecular flexibility index (Phi) is 6.39. The average molecular weight is 386 g/mol. The van der Waals surface area contributed by atoms with E-state index in [0.717, 1.165) is 5.56 Å². The lowest BCUT2D eigenvalue weighted by Gasteiger charge is -2.07. The number of nitrogens with zero attached hydrogens (tertiary/aromatic N) is 1. The SMILES string of the molecule is Cc1ccc(COc2ccc(/C=C(/C#N)C(=O)Nc3ccccc3F)cc2)cc1. The van der Waals surface area contributed by atoms with Crippen LogP contribution in [0.4, 0.5) is 10.1 Å². The molecule has 5 heteroatoms. The van der Waals surface area contributed by atoms with Crippen LogP contribution in [0.2, 0.25) is 0 Å². The number of nitrogens with one attached hydrogen (secondary N) is 1. The van der Waals surface area contributed by atoms with Crippen molar-refractivity contribution in [3.05, 3.63) is 101 Å². The minimum Gasteiger partial charge on any atom is -0.489 e. The van der Waals surface area contributed by atoms with Crippen molar-refractivity contribution in [1.82, 2.24) is 0 Å². The second-order valence-corrected chi connectivity index (χ2v) is 6.45. The molecule has 0 aliphatic heterocycles. The third kappa shape index (κ3) is 5.53. The summed E-state index contributed by atoms with van der Waals surface area (Å²) in [4.78, 5) is 12.3. The number of hydrogen-bond donors (Lipinski definition) is 1. The molecule has 0 atom stereocenters. The molecule has 29 heavy (non-hydrogen) atoms. The molecule has 1 amide bonds. The first kappa shape index (κ1) is 19.8. The molecule has 0 aromatic heterocycles. The van der Waals surface area contributed by atoms with Gasteiger partial charge in [-0.3, -0.25) is 4.79 Å². The highest BCUT2D eigenvalue weighted by atomic mass is 19.1. The lowest BCUT2D eigenvalue weighted by molar-refractivity contribution is -0.112. The van der Waals surface area contributed by atoms with Gasteiger partial charge < -0.3 is 10.1 Å². The van der Waals surface area contributed by atoms with Crippen molar-refractivity contribution in [3.63, 3.8) is 0 Å². The normalized spacial score (nSPS) is 10.9. The third-order valence-corrected chi connectivity index (χ3v) is 4.20. The van der Waals surface area contributed by atoms with E-state index in [1.54, 1.807) is 30.3 Å². The Bertz CT molecular complexity index is 1070. The van der Waals surface area contributed by atoms with Crippen LogP contribution in [-0.2, 0) is 11.4 Å². The minimum atomic E-state index is -0.669. The fourth-order valence-corrected chi connectivity index (χ4v) is 2.58. The van der Waals surface area contributed by atoms with Gasteiger partial charge >= 0.3 is 0 Å². The van der Waals surface area contributed by atoms with Gasteiger partial charge in [-0.15, -0.1) is 0 Å². The van der Waals surface area contributed by atoms with Gasteiger partial charge in [-0.05, 0) is 48.4 Å². The van der Waals surface area contributed by atoms with Gasteiger partial charge in [-0.2, -0.15) is 5.26 Å². The van der Waals surface area contributed by atoms with Gasteiger partial charge in [0.25, 0.3) is 5.91 Å². The first-order valence-corrected chi connectivity index (χ1v) is 9.01. The lowest BCUT2D eigenvalue weighted by atomic mass is 10.1. The third-order valence-electron chi connectivity index (χ3n) is 4.20. The van der Waals surface area contributed by atoms with Crippen molar-refractivity contribution in [2.45, 2.75) is 13.5 Å². The van der Waals surface area contributed by atoms with Gasteiger partial charge in [0.15, 0.2) is 0 Å². The Morgan fingerprint density at radius 3 is 2.41 bits per heavy atom. The Morgan fingerprint density at radius 2 is 1.76 bits per heavy atom. The summed E-state index contributed by atoms with van der Waals surface area (Å²) in [7, 11) is 0. The van der Waals surface area contributed by atoms with Gasteiger partial charge in [0.2, 0.25) is 0 Å². The van der Waals surface area contributed by atoms with Crippen LogP contribution in [0, 0.1) is 24.1 Å². The smallest absolute Gasteiger partial charge is 0.266 e. The maximum atomic E-state index is 13.7. The summed E-state index contributed by atoms with van der Waals surface area (Å²) < 4.78 is 19.4. The number of rotatable bonds is 6. The quantitative estimate of drug-likeness (QED) is 0.464. The number of carbonyl (C=O) groups is 1. The van der Waals surface area contributed by atoms with E-state index in [4.69, 9.17) is 4.74 Å². The Morgan fingerprint density at radius 1 is 1.07 bits per heavy atom. The molecule has 1 N–H and O–H groups in total. The molecule has 3 aromatic carbocycles. The van der Waals surface area contributed by atoms with Crippen molar-refractivity contribution in [1.29, 1.82) is 5.26 Å². The molecule has 3 rings (SSSR count). The number of carbonyl (C=O) groups excluding carboxylic acids is 1. The van der Waals surface area contributed by atoms with Gasteiger partial charge in [0.1, 0.15) is 29.8 Å². The van der Waals surface area contributed by atoms with E-state index in [1.807, 2.05) is 37.3 Å². The molecule has 4 nitrogen and oxygen atoms in total. The van der Waals surface area contributed by atoms with Crippen molar-refractivity contribution in [3.8, 4) is 11.8 Å². The van der Waals surface area contributed by atoms with E-state index in [2.05, 4.69) is 5.32 Å². The number of ether oxygens (including phenoxy) is 1. The zero-order valence-electron chi connectivity index (χ0n) is 15.9. The molecule has 0 bridgehead atoms. The Hall–Kier alpha value is -3.91. The summed E-state index contributed by atoms with van der Waals surface area (Å²) in [6.45, 7) is 2.48. The number of benzene rings is 3. The number of amides is 1. The van der Waals surface area contributed by atoms with Crippen molar-refractivity contribution in [2.75, 3.05) is 5.32 Å². The topological polar surface area (TPSA) is 62.1 Å². The molecule has 0 saturated heterocycles. The highest BCUT2D eigenvalue weighted by molar-refractivity contribution is 6.09. The molecule has 0 aliphatic rings. The van der Waals surface area contributed by atoms with Crippen molar-refractivity contribution >= 4 is 17.7 Å². The van der Waals surface area contributed by atoms with Gasteiger partial charge in [0.05, 0.1) is 5.69 Å². The summed E-state index contributed by atoms with van der Waals surface area (Å²) in [6, 6.07) is 22.8.